The Morgan fingerprint density at radius 2 is 2.00 bits per heavy atom. The summed E-state index contributed by atoms with van der Waals surface area (Å²) >= 11 is 0. The van der Waals surface area contributed by atoms with Crippen LogP contribution in [0.5, 0.6) is 0 Å². The second-order valence-corrected chi connectivity index (χ2v) is 4.07. The van der Waals surface area contributed by atoms with E-state index < -0.39 is 0 Å². The van der Waals surface area contributed by atoms with Crippen LogP contribution < -0.4 is 5.32 Å². The van der Waals surface area contributed by atoms with Crippen molar-refractivity contribution < 1.29 is 4.74 Å². The summed E-state index contributed by atoms with van der Waals surface area (Å²) in [6.07, 6.45) is 9.39. The lowest BCUT2D eigenvalue weighted by molar-refractivity contribution is 0.0749. The molecule has 0 unspecified atom stereocenters. The highest BCUT2D eigenvalue weighted by Gasteiger charge is 2.19. The van der Waals surface area contributed by atoms with Gasteiger partial charge in [-0.25, -0.2) is 0 Å². The zero-order valence-electron chi connectivity index (χ0n) is 8.88. The van der Waals surface area contributed by atoms with E-state index in [2.05, 4.69) is 17.5 Å². The van der Waals surface area contributed by atoms with Gasteiger partial charge in [0.1, 0.15) is 0 Å². The molecule has 2 nitrogen and oxygen atoms in total. The normalized spacial score (nSPS) is 24.1. The lowest BCUT2D eigenvalue weighted by Crippen LogP contribution is -2.19. The third-order valence-corrected chi connectivity index (χ3v) is 3.25. The van der Waals surface area contributed by atoms with E-state index in [-0.39, 0.29) is 0 Å². The van der Waals surface area contributed by atoms with Gasteiger partial charge in [0, 0.05) is 26.0 Å². The van der Waals surface area contributed by atoms with Gasteiger partial charge in [-0.05, 0) is 37.7 Å². The zero-order valence-corrected chi connectivity index (χ0v) is 8.88. The molecule has 0 amide bonds. The smallest absolute Gasteiger partial charge is 0.0471 e. The Morgan fingerprint density at radius 1 is 1.21 bits per heavy atom. The fraction of sp³-hybridized carbons (Fsp3) is 0.667. The molecule has 0 saturated carbocycles. The van der Waals surface area contributed by atoms with Crippen molar-refractivity contribution in [3.63, 3.8) is 0 Å². The van der Waals surface area contributed by atoms with E-state index in [0.29, 0.717) is 0 Å². The van der Waals surface area contributed by atoms with Crippen molar-refractivity contribution in [1.29, 1.82) is 0 Å². The van der Waals surface area contributed by atoms with E-state index in [1.165, 1.54) is 31.4 Å². The van der Waals surface area contributed by atoms with Crippen LogP contribution in [0.1, 0.15) is 25.7 Å². The average molecular weight is 193 g/mol. The molecule has 1 fully saturated rings. The first-order valence-corrected chi connectivity index (χ1v) is 5.55. The summed E-state index contributed by atoms with van der Waals surface area (Å²) in [7, 11) is 2.00. The van der Waals surface area contributed by atoms with Crippen LogP contribution in [-0.2, 0) is 4.74 Å². The van der Waals surface area contributed by atoms with Crippen molar-refractivity contribution >= 4 is 0 Å². The molecule has 2 aliphatic rings. The minimum Gasteiger partial charge on any atom is -0.391 e. The number of allylic oxidation sites excluding steroid dienone is 4. The van der Waals surface area contributed by atoms with E-state index in [0.717, 1.165) is 19.1 Å². The quantitative estimate of drug-likeness (QED) is 0.726. The molecule has 0 aromatic rings. The highest BCUT2D eigenvalue weighted by atomic mass is 16.5. The third kappa shape index (κ3) is 2.18. The summed E-state index contributed by atoms with van der Waals surface area (Å²) in [4.78, 5) is 0. The van der Waals surface area contributed by atoms with Gasteiger partial charge in [0.25, 0.3) is 0 Å². The Kier molecular flexibility index (Phi) is 3.25. The fourth-order valence-corrected chi connectivity index (χ4v) is 2.27. The fourth-order valence-electron chi connectivity index (χ4n) is 2.27. The summed E-state index contributed by atoms with van der Waals surface area (Å²) < 4.78 is 5.38. The Hall–Kier alpha value is -0.760. The molecule has 1 saturated heterocycles. The Bertz CT molecular complexity index is 249. The molecule has 1 aliphatic carbocycles. The molecule has 1 heterocycles. The van der Waals surface area contributed by atoms with Gasteiger partial charge in [0.2, 0.25) is 0 Å². The van der Waals surface area contributed by atoms with Gasteiger partial charge in [0.15, 0.2) is 0 Å². The second kappa shape index (κ2) is 4.65. The third-order valence-electron chi connectivity index (χ3n) is 3.25. The van der Waals surface area contributed by atoms with Crippen LogP contribution in [0.3, 0.4) is 0 Å². The molecule has 0 bridgehead atoms. The summed E-state index contributed by atoms with van der Waals surface area (Å²) in [6, 6.07) is 0. The first kappa shape index (κ1) is 9.78. The van der Waals surface area contributed by atoms with Gasteiger partial charge in [-0.15, -0.1) is 0 Å². The Balaban J connectivity index is 1.97. The summed E-state index contributed by atoms with van der Waals surface area (Å²) in [5, 5.41) is 3.22. The molecule has 2 rings (SSSR count). The van der Waals surface area contributed by atoms with Gasteiger partial charge >= 0.3 is 0 Å². The van der Waals surface area contributed by atoms with Crippen LogP contribution in [0, 0.1) is 5.92 Å². The number of rotatable bonds is 2. The number of hydrogen-bond acceptors (Lipinski definition) is 2. The predicted octanol–water partition coefficient (Wildman–Crippen LogP) is 2.24. The maximum atomic E-state index is 5.38. The van der Waals surface area contributed by atoms with Crippen molar-refractivity contribution in [3.8, 4) is 0 Å². The topological polar surface area (TPSA) is 21.3 Å². The van der Waals surface area contributed by atoms with Gasteiger partial charge < -0.3 is 10.1 Å². The molecular formula is C12H19NO. The van der Waals surface area contributed by atoms with Gasteiger partial charge in [-0.2, -0.15) is 0 Å². The van der Waals surface area contributed by atoms with Crippen LogP contribution in [0.2, 0.25) is 0 Å². The lowest BCUT2D eigenvalue weighted by Gasteiger charge is -2.26. The Labute approximate surface area is 86.0 Å². The minimum absolute atomic E-state index is 0.790. The largest absolute Gasteiger partial charge is 0.391 e. The predicted molar refractivity (Wildman–Crippen MR) is 58.0 cm³/mol. The summed E-state index contributed by atoms with van der Waals surface area (Å²) in [5.41, 5.74) is 2.99. The minimum atomic E-state index is 0.790. The molecular weight excluding hydrogens is 174 g/mol. The molecule has 0 radical (unpaired) electrons. The maximum absolute atomic E-state index is 5.38. The second-order valence-electron chi connectivity index (χ2n) is 4.07. The monoisotopic (exact) mass is 193 g/mol. The molecule has 14 heavy (non-hydrogen) atoms. The lowest BCUT2D eigenvalue weighted by atomic mass is 9.86. The van der Waals surface area contributed by atoms with E-state index in [1.807, 2.05) is 7.05 Å². The molecule has 0 aromatic heterocycles. The standard InChI is InChI=1S/C12H19NO/c1-13-12-4-2-10(3-5-12)11-6-8-14-9-7-11/h2,4,11,13H,3,5-9H2,1H3. The van der Waals surface area contributed by atoms with Gasteiger partial charge in [-0.1, -0.05) is 11.6 Å². The highest BCUT2D eigenvalue weighted by molar-refractivity contribution is 5.24. The van der Waals surface area contributed by atoms with Crippen molar-refractivity contribution in [2.45, 2.75) is 25.7 Å². The number of hydrogen-bond donors (Lipinski definition) is 1. The Morgan fingerprint density at radius 3 is 2.57 bits per heavy atom. The van der Waals surface area contributed by atoms with Crippen LogP contribution in [0.15, 0.2) is 23.4 Å². The van der Waals surface area contributed by atoms with E-state index in [4.69, 9.17) is 4.74 Å². The molecule has 0 aromatic carbocycles. The van der Waals surface area contributed by atoms with Crippen molar-refractivity contribution in [2.75, 3.05) is 20.3 Å². The van der Waals surface area contributed by atoms with Crippen molar-refractivity contribution in [1.82, 2.24) is 5.32 Å². The average Bonchev–Trinajstić information content (AvgIpc) is 2.30. The highest BCUT2D eigenvalue weighted by Crippen LogP contribution is 2.29. The van der Waals surface area contributed by atoms with Crippen LogP contribution >= 0.6 is 0 Å². The van der Waals surface area contributed by atoms with E-state index in [9.17, 15) is 0 Å². The molecule has 0 atom stereocenters. The van der Waals surface area contributed by atoms with Gasteiger partial charge in [-0.3, -0.25) is 0 Å². The SMILES string of the molecule is CNC1=CC=C(C2CCOCC2)CC1. The first-order chi connectivity index (χ1) is 6.90. The summed E-state index contributed by atoms with van der Waals surface area (Å²) in [6.45, 7) is 1.90. The molecule has 2 heteroatoms. The van der Waals surface area contributed by atoms with Gasteiger partial charge in [0.05, 0.1) is 0 Å². The molecule has 0 spiro atoms. The van der Waals surface area contributed by atoms with Crippen LogP contribution in [-0.4, -0.2) is 20.3 Å². The van der Waals surface area contributed by atoms with Crippen molar-refractivity contribution in [3.05, 3.63) is 23.4 Å². The van der Waals surface area contributed by atoms with Crippen molar-refractivity contribution in [2.24, 2.45) is 5.92 Å². The first-order valence-electron chi connectivity index (χ1n) is 5.55. The maximum Gasteiger partial charge on any atom is 0.0471 e. The number of ether oxygens (including phenoxy) is 1. The molecule has 78 valence electrons. The van der Waals surface area contributed by atoms with Crippen LogP contribution in [0.4, 0.5) is 0 Å². The number of nitrogens with one attached hydrogen (secondary N) is 1. The summed E-state index contributed by atoms with van der Waals surface area (Å²) in [5.74, 6) is 0.790. The van der Waals surface area contributed by atoms with Crippen LogP contribution in [0.25, 0.3) is 0 Å². The zero-order chi connectivity index (χ0) is 9.80. The van der Waals surface area contributed by atoms with E-state index in [1.54, 1.807) is 5.57 Å². The molecule has 1 N–H and O–H groups in total. The molecule has 1 aliphatic heterocycles. The van der Waals surface area contributed by atoms with E-state index >= 15 is 0 Å².